The van der Waals surface area contributed by atoms with Crippen LogP contribution in [0.25, 0.3) is 0 Å². The first-order chi connectivity index (χ1) is 9.35. The van der Waals surface area contributed by atoms with Crippen molar-refractivity contribution >= 4 is 11.6 Å². The molecule has 0 aromatic heterocycles. The lowest BCUT2D eigenvalue weighted by Crippen LogP contribution is -2.43. The molecule has 1 rings (SSSR count). The fourth-order valence-corrected chi connectivity index (χ4v) is 1.90. The zero-order valence-electron chi connectivity index (χ0n) is 12.9. The molecular weight excluding hydrogens is 281 g/mol. The number of nitrogens with two attached hydrogens (primary N) is 1. The number of hydrogen-bond donors (Lipinski definition) is 1. The molecule has 0 spiro atoms. The van der Waals surface area contributed by atoms with E-state index in [-0.39, 0.29) is 22.7 Å². The van der Waals surface area contributed by atoms with Gasteiger partial charge in [-0.25, -0.2) is 0 Å². The molecular formula is C15H21F3N2O. The third-order valence-corrected chi connectivity index (χ3v) is 3.76. The van der Waals surface area contributed by atoms with Gasteiger partial charge >= 0.3 is 6.18 Å². The molecule has 21 heavy (non-hydrogen) atoms. The van der Waals surface area contributed by atoms with Crippen LogP contribution in [0.15, 0.2) is 18.2 Å². The Morgan fingerprint density at radius 1 is 1.24 bits per heavy atom. The van der Waals surface area contributed by atoms with Gasteiger partial charge in [0.2, 0.25) is 0 Å². The first-order valence-electron chi connectivity index (χ1n) is 6.59. The van der Waals surface area contributed by atoms with Crippen LogP contribution in [-0.4, -0.2) is 23.9 Å². The molecule has 0 aliphatic rings. The number of carbonyl (C=O) groups excluding carboxylic acids is 1. The van der Waals surface area contributed by atoms with E-state index in [0.717, 1.165) is 12.1 Å². The van der Waals surface area contributed by atoms with Crippen LogP contribution in [0.1, 0.15) is 43.6 Å². The highest BCUT2D eigenvalue weighted by Crippen LogP contribution is 2.34. The number of hydrogen-bond acceptors (Lipinski definition) is 2. The van der Waals surface area contributed by atoms with E-state index in [0.29, 0.717) is 0 Å². The molecule has 0 bridgehead atoms. The van der Waals surface area contributed by atoms with E-state index < -0.39 is 17.6 Å². The number of halogens is 3. The largest absolute Gasteiger partial charge is 0.418 e. The van der Waals surface area contributed by atoms with Gasteiger partial charge in [-0.2, -0.15) is 13.2 Å². The average molecular weight is 302 g/mol. The monoisotopic (exact) mass is 302 g/mol. The second-order valence-corrected chi connectivity index (χ2v) is 6.26. The highest BCUT2D eigenvalue weighted by atomic mass is 19.4. The number of alkyl halides is 3. The Labute approximate surface area is 122 Å². The van der Waals surface area contributed by atoms with Gasteiger partial charge in [-0.15, -0.1) is 0 Å². The minimum absolute atomic E-state index is 0.0184. The Morgan fingerprint density at radius 3 is 2.19 bits per heavy atom. The first kappa shape index (κ1) is 17.3. The van der Waals surface area contributed by atoms with Crippen LogP contribution >= 0.6 is 0 Å². The molecule has 0 saturated carbocycles. The highest BCUT2D eigenvalue weighted by Gasteiger charge is 2.34. The van der Waals surface area contributed by atoms with Gasteiger partial charge in [0.1, 0.15) is 0 Å². The summed E-state index contributed by atoms with van der Waals surface area (Å²) in [5, 5.41) is 0. The summed E-state index contributed by atoms with van der Waals surface area (Å²) in [6.07, 6.45) is -4.57. The third kappa shape index (κ3) is 3.89. The molecule has 1 unspecified atom stereocenters. The minimum Gasteiger partial charge on any atom is -0.398 e. The first-order valence-corrected chi connectivity index (χ1v) is 6.59. The zero-order chi connectivity index (χ0) is 16.6. The zero-order valence-corrected chi connectivity index (χ0v) is 12.9. The molecule has 0 aliphatic heterocycles. The molecule has 2 N–H and O–H groups in total. The molecule has 0 aliphatic carbocycles. The van der Waals surface area contributed by atoms with Gasteiger partial charge in [-0.1, -0.05) is 20.8 Å². The van der Waals surface area contributed by atoms with E-state index in [4.69, 9.17) is 5.73 Å². The van der Waals surface area contributed by atoms with E-state index in [2.05, 4.69) is 0 Å². The topological polar surface area (TPSA) is 46.3 Å². The lowest BCUT2D eigenvalue weighted by molar-refractivity contribution is -0.136. The van der Waals surface area contributed by atoms with E-state index in [1.807, 2.05) is 27.7 Å². The molecule has 118 valence electrons. The predicted molar refractivity (Wildman–Crippen MR) is 76.9 cm³/mol. The van der Waals surface area contributed by atoms with Crippen molar-refractivity contribution in [3.8, 4) is 0 Å². The third-order valence-electron chi connectivity index (χ3n) is 3.76. The SMILES string of the molecule is CC(N(C)C(=O)c1ccc(N)c(C(F)(F)F)c1)C(C)(C)C. The summed E-state index contributed by atoms with van der Waals surface area (Å²) in [6, 6.07) is 3.12. The van der Waals surface area contributed by atoms with Gasteiger partial charge in [0.25, 0.3) is 5.91 Å². The van der Waals surface area contributed by atoms with Gasteiger partial charge in [0, 0.05) is 24.3 Å². The Balaban J connectivity index is 3.15. The van der Waals surface area contributed by atoms with Crippen LogP contribution < -0.4 is 5.73 Å². The molecule has 3 nitrogen and oxygen atoms in total. The van der Waals surface area contributed by atoms with Crippen LogP contribution in [-0.2, 0) is 6.18 Å². The van der Waals surface area contributed by atoms with Gasteiger partial charge in [-0.3, -0.25) is 4.79 Å². The van der Waals surface area contributed by atoms with Gasteiger partial charge in [0.05, 0.1) is 5.56 Å². The summed E-state index contributed by atoms with van der Waals surface area (Å²) in [4.78, 5) is 13.8. The van der Waals surface area contributed by atoms with Crippen molar-refractivity contribution in [2.75, 3.05) is 12.8 Å². The molecule has 0 fully saturated rings. The quantitative estimate of drug-likeness (QED) is 0.845. The second kappa shape index (κ2) is 5.58. The Morgan fingerprint density at radius 2 is 1.76 bits per heavy atom. The van der Waals surface area contributed by atoms with E-state index in [1.54, 1.807) is 7.05 Å². The molecule has 6 heteroatoms. The van der Waals surface area contributed by atoms with Gasteiger partial charge in [-0.05, 0) is 30.5 Å². The summed E-state index contributed by atoms with van der Waals surface area (Å²) in [5.41, 5.74) is 3.78. The van der Waals surface area contributed by atoms with Crippen molar-refractivity contribution in [2.45, 2.75) is 39.9 Å². The Kier molecular flexibility index (Phi) is 4.60. The summed E-state index contributed by atoms with van der Waals surface area (Å²) < 4.78 is 38.5. The predicted octanol–water partition coefficient (Wildman–Crippen LogP) is 3.79. The van der Waals surface area contributed by atoms with Crippen molar-refractivity contribution in [2.24, 2.45) is 5.41 Å². The molecule has 0 radical (unpaired) electrons. The lowest BCUT2D eigenvalue weighted by atomic mass is 9.87. The number of benzene rings is 1. The van der Waals surface area contributed by atoms with Crippen molar-refractivity contribution < 1.29 is 18.0 Å². The molecule has 1 atom stereocenters. The second-order valence-electron chi connectivity index (χ2n) is 6.26. The molecule has 0 heterocycles. The van der Waals surface area contributed by atoms with Crippen LogP contribution in [0, 0.1) is 5.41 Å². The van der Waals surface area contributed by atoms with Crippen LogP contribution in [0.5, 0.6) is 0 Å². The molecule has 1 amide bonds. The Bertz CT molecular complexity index is 533. The Hall–Kier alpha value is -1.72. The maximum atomic E-state index is 12.8. The van der Waals surface area contributed by atoms with Crippen LogP contribution in [0.4, 0.5) is 18.9 Å². The number of rotatable bonds is 2. The summed E-state index contributed by atoms with van der Waals surface area (Å²) in [5.74, 6) is -0.456. The average Bonchev–Trinajstić information content (AvgIpc) is 2.34. The molecule has 0 saturated heterocycles. The molecule has 1 aromatic rings. The van der Waals surface area contributed by atoms with E-state index in [9.17, 15) is 18.0 Å². The molecule has 1 aromatic carbocycles. The van der Waals surface area contributed by atoms with Crippen LogP contribution in [0.3, 0.4) is 0 Å². The smallest absolute Gasteiger partial charge is 0.398 e. The number of nitrogens with zero attached hydrogens (tertiary/aromatic N) is 1. The van der Waals surface area contributed by atoms with Crippen molar-refractivity contribution in [3.05, 3.63) is 29.3 Å². The number of amides is 1. The minimum atomic E-state index is -4.57. The van der Waals surface area contributed by atoms with E-state index in [1.165, 1.54) is 11.0 Å². The normalized spacial score (nSPS) is 13.9. The van der Waals surface area contributed by atoms with Gasteiger partial charge < -0.3 is 10.6 Å². The standard InChI is InChI=1S/C15H21F3N2O/c1-9(14(2,3)4)20(5)13(21)10-6-7-12(19)11(8-10)15(16,17)18/h6-9H,19H2,1-5H3. The number of anilines is 1. The summed E-state index contributed by atoms with van der Waals surface area (Å²) in [7, 11) is 1.59. The number of carbonyl (C=O) groups is 1. The van der Waals surface area contributed by atoms with Crippen molar-refractivity contribution in [1.29, 1.82) is 0 Å². The number of nitrogen functional groups attached to an aromatic ring is 1. The van der Waals surface area contributed by atoms with Crippen LogP contribution in [0.2, 0.25) is 0 Å². The fourth-order valence-electron chi connectivity index (χ4n) is 1.90. The highest BCUT2D eigenvalue weighted by molar-refractivity contribution is 5.95. The van der Waals surface area contributed by atoms with Crippen molar-refractivity contribution in [3.63, 3.8) is 0 Å². The maximum absolute atomic E-state index is 12.8. The van der Waals surface area contributed by atoms with Gasteiger partial charge in [0.15, 0.2) is 0 Å². The lowest BCUT2D eigenvalue weighted by Gasteiger charge is -2.35. The summed E-state index contributed by atoms with van der Waals surface area (Å²) in [6.45, 7) is 7.75. The van der Waals surface area contributed by atoms with E-state index >= 15 is 0 Å². The van der Waals surface area contributed by atoms with Crippen molar-refractivity contribution in [1.82, 2.24) is 4.90 Å². The fraction of sp³-hybridized carbons (Fsp3) is 0.533. The maximum Gasteiger partial charge on any atom is 0.418 e. The summed E-state index contributed by atoms with van der Waals surface area (Å²) >= 11 is 0.